The molecule has 2 aromatic carbocycles. The molecule has 0 saturated heterocycles. The summed E-state index contributed by atoms with van der Waals surface area (Å²) in [5, 5.41) is 6.36. The first kappa shape index (κ1) is 22.4. The SMILES string of the molecule is CCOc1cc(/C=N/NC(=O)C(=O)Nc2ccccc2CC)ccc1OCC(N)=O. The number of primary amides is 1. The fraction of sp³-hybridized carbons (Fsp3) is 0.238. The number of nitrogens with zero attached hydrogens (tertiary/aromatic N) is 1. The molecule has 0 aliphatic carbocycles. The van der Waals surface area contributed by atoms with E-state index in [4.69, 9.17) is 15.2 Å². The molecule has 0 fully saturated rings. The van der Waals surface area contributed by atoms with Gasteiger partial charge in [-0.1, -0.05) is 25.1 Å². The Hall–Kier alpha value is -3.88. The van der Waals surface area contributed by atoms with Crippen LogP contribution in [0.5, 0.6) is 11.5 Å². The topological polar surface area (TPSA) is 132 Å². The Morgan fingerprint density at radius 3 is 2.50 bits per heavy atom. The predicted octanol–water partition coefficient (Wildman–Crippen LogP) is 1.60. The van der Waals surface area contributed by atoms with E-state index in [1.54, 1.807) is 37.3 Å². The summed E-state index contributed by atoms with van der Waals surface area (Å²) in [6.07, 6.45) is 2.07. The second-order valence-electron chi connectivity index (χ2n) is 6.06. The molecule has 0 aliphatic rings. The lowest BCUT2D eigenvalue weighted by molar-refractivity contribution is -0.136. The molecule has 0 saturated carbocycles. The number of para-hydroxylation sites is 1. The number of anilines is 1. The molecule has 0 aliphatic heterocycles. The van der Waals surface area contributed by atoms with Crippen molar-refractivity contribution in [2.24, 2.45) is 10.8 Å². The molecule has 4 N–H and O–H groups in total. The Labute approximate surface area is 174 Å². The predicted molar refractivity (Wildman–Crippen MR) is 112 cm³/mol. The largest absolute Gasteiger partial charge is 0.490 e. The van der Waals surface area contributed by atoms with Crippen LogP contribution in [0, 0.1) is 0 Å². The van der Waals surface area contributed by atoms with Crippen molar-refractivity contribution in [2.75, 3.05) is 18.5 Å². The summed E-state index contributed by atoms with van der Waals surface area (Å²) in [5.41, 5.74) is 9.34. The lowest BCUT2D eigenvalue weighted by Gasteiger charge is -2.11. The number of carbonyl (C=O) groups is 3. The molecule has 0 unspecified atom stereocenters. The van der Waals surface area contributed by atoms with Crippen LogP contribution in [0.15, 0.2) is 47.6 Å². The average molecular weight is 412 g/mol. The molecule has 0 aromatic heterocycles. The number of nitrogens with one attached hydrogen (secondary N) is 2. The van der Waals surface area contributed by atoms with Gasteiger partial charge in [-0.05, 0) is 48.7 Å². The zero-order valence-corrected chi connectivity index (χ0v) is 16.8. The van der Waals surface area contributed by atoms with Crippen molar-refractivity contribution in [1.29, 1.82) is 0 Å². The van der Waals surface area contributed by atoms with Gasteiger partial charge >= 0.3 is 11.8 Å². The van der Waals surface area contributed by atoms with Gasteiger partial charge in [0.2, 0.25) is 0 Å². The van der Waals surface area contributed by atoms with E-state index in [1.807, 2.05) is 19.1 Å². The van der Waals surface area contributed by atoms with Crippen molar-refractivity contribution in [3.63, 3.8) is 0 Å². The Kier molecular flexibility index (Phi) is 8.37. The fourth-order valence-electron chi connectivity index (χ4n) is 2.49. The van der Waals surface area contributed by atoms with Crippen molar-refractivity contribution in [2.45, 2.75) is 20.3 Å². The van der Waals surface area contributed by atoms with Crippen LogP contribution < -0.4 is 25.9 Å². The highest BCUT2D eigenvalue weighted by Crippen LogP contribution is 2.28. The number of hydrazone groups is 1. The molecule has 0 heterocycles. The van der Waals surface area contributed by atoms with E-state index in [2.05, 4.69) is 15.8 Å². The number of carbonyl (C=O) groups excluding carboxylic acids is 3. The number of benzene rings is 2. The molecule has 30 heavy (non-hydrogen) atoms. The van der Waals surface area contributed by atoms with Gasteiger partial charge in [-0.15, -0.1) is 0 Å². The third-order valence-corrected chi connectivity index (χ3v) is 3.87. The second-order valence-corrected chi connectivity index (χ2v) is 6.06. The monoisotopic (exact) mass is 412 g/mol. The zero-order chi connectivity index (χ0) is 21.9. The highest BCUT2D eigenvalue weighted by atomic mass is 16.5. The highest BCUT2D eigenvalue weighted by Gasteiger charge is 2.14. The molecule has 0 radical (unpaired) electrons. The lowest BCUT2D eigenvalue weighted by Crippen LogP contribution is -2.32. The molecular formula is C21H24N4O5. The van der Waals surface area contributed by atoms with Gasteiger partial charge in [0.15, 0.2) is 18.1 Å². The number of ether oxygens (including phenoxy) is 2. The Morgan fingerprint density at radius 1 is 1.03 bits per heavy atom. The van der Waals surface area contributed by atoms with Crippen LogP contribution in [-0.4, -0.2) is 37.1 Å². The molecular weight excluding hydrogens is 388 g/mol. The molecule has 0 bridgehead atoms. The number of rotatable bonds is 9. The van der Waals surface area contributed by atoms with Crippen molar-refractivity contribution in [3.05, 3.63) is 53.6 Å². The van der Waals surface area contributed by atoms with E-state index >= 15 is 0 Å². The molecule has 2 aromatic rings. The molecule has 0 spiro atoms. The number of nitrogens with two attached hydrogens (primary N) is 1. The Bertz CT molecular complexity index is 943. The number of hydrogen-bond donors (Lipinski definition) is 3. The van der Waals surface area contributed by atoms with Crippen molar-refractivity contribution < 1.29 is 23.9 Å². The first-order chi connectivity index (χ1) is 14.4. The second kappa shape index (κ2) is 11.2. The summed E-state index contributed by atoms with van der Waals surface area (Å²) >= 11 is 0. The van der Waals surface area contributed by atoms with Crippen LogP contribution in [0.1, 0.15) is 25.0 Å². The normalized spacial score (nSPS) is 10.5. The van der Waals surface area contributed by atoms with Gasteiger partial charge in [0.1, 0.15) is 0 Å². The van der Waals surface area contributed by atoms with Gasteiger partial charge in [-0.25, -0.2) is 5.43 Å². The first-order valence-corrected chi connectivity index (χ1v) is 9.34. The molecule has 158 valence electrons. The summed E-state index contributed by atoms with van der Waals surface area (Å²) in [6, 6.07) is 12.1. The number of hydrogen-bond acceptors (Lipinski definition) is 6. The number of amides is 3. The van der Waals surface area contributed by atoms with E-state index in [9.17, 15) is 14.4 Å². The van der Waals surface area contributed by atoms with Gasteiger partial charge < -0.3 is 20.5 Å². The van der Waals surface area contributed by atoms with Crippen LogP contribution in [0.25, 0.3) is 0 Å². The molecule has 0 atom stereocenters. The summed E-state index contributed by atoms with van der Waals surface area (Å²) in [7, 11) is 0. The van der Waals surface area contributed by atoms with Crippen LogP contribution in [-0.2, 0) is 20.8 Å². The quantitative estimate of drug-likeness (QED) is 0.327. The third kappa shape index (κ3) is 6.62. The molecule has 2 rings (SSSR count). The smallest absolute Gasteiger partial charge is 0.329 e. The maximum atomic E-state index is 12.1. The maximum Gasteiger partial charge on any atom is 0.329 e. The van der Waals surface area contributed by atoms with Gasteiger partial charge in [0.05, 0.1) is 12.8 Å². The van der Waals surface area contributed by atoms with Gasteiger partial charge in [0.25, 0.3) is 5.91 Å². The minimum Gasteiger partial charge on any atom is -0.490 e. The van der Waals surface area contributed by atoms with E-state index in [-0.39, 0.29) is 6.61 Å². The van der Waals surface area contributed by atoms with Crippen molar-refractivity contribution in [3.8, 4) is 11.5 Å². The highest BCUT2D eigenvalue weighted by molar-refractivity contribution is 6.39. The fourth-order valence-corrected chi connectivity index (χ4v) is 2.49. The zero-order valence-electron chi connectivity index (χ0n) is 16.8. The Balaban J connectivity index is 1.99. The van der Waals surface area contributed by atoms with E-state index in [0.29, 0.717) is 29.4 Å². The van der Waals surface area contributed by atoms with Crippen LogP contribution in [0.4, 0.5) is 5.69 Å². The minimum absolute atomic E-state index is 0.278. The lowest BCUT2D eigenvalue weighted by atomic mass is 10.1. The Morgan fingerprint density at radius 2 is 1.80 bits per heavy atom. The van der Waals surface area contributed by atoms with Gasteiger partial charge in [0, 0.05) is 5.69 Å². The third-order valence-electron chi connectivity index (χ3n) is 3.87. The summed E-state index contributed by atoms with van der Waals surface area (Å²) in [5.74, 6) is -1.58. The minimum atomic E-state index is -0.899. The maximum absolute atomic E-state index is 12.1. The first-order valence-electron chi connectivity index (χ1n) is 9.34. The van der Waals surface area contributed by atoms with E-state index < -0.39 is 17.7 Å². The van der Waals surface area contributed by atoms with Crippen LogP contribution in [0.3, 0.4) is 0 Å². The van der Waals surface area contributed by atoms with E-state index in [0.717, 1.165) is 12.0 Å². The van der Waals surface area contributed by atoms with Gasteiger partial charge in [-0.3, -0.25) is 14.4 Å². The van der Waals surface area contributed by atoms with E-state index in [1.165, 1.54) is 6.21 Å². The average Bonchev–Trinajstić information content (AvgIpc) is 2.73. The molecule has 3 amide bonds. The summed E-state index contributed by atoms with van der Waals surface area (Å²) < 4.78 is 10.8. The van der Waals surface area contributed by atoms with Crippen molar-refractivity contribution >= 4 is 29.6 Å². The van der Waals surface area contributed by atoms with Crippen LogP contribution in [0.2, 0.25) is 0 Å². The summed E-state index contributed by atoms with van der Waals surface area (Å²) in [4.78, 5) is 34.9. The van der Waals surface area contributed by atoms with Gasteiger partial charge in [-0.2, -0.15) is 5.10 Å². The molecule has 9 nitrogen and oxygen atoms in total. The number of aryl methyl sites for hydroxylation is 1. The standard InChI is InChI=1S/C21H24N4O5/c1-3-15-7-5-6-8-16(15)24-20(27)21(28)25-23-12-14-9-10-17(30-13-19(22)26)18(11-14)29-4-2/h5-12H,3-4,13H2,1-2H3,(H2,22,26)(H,24,27)(H,25,28)/b23-12+. The summed E-state index contributed by atoms with van der Waals surface area (Å²) in [6.45, 7) is 3.85. The van der Waals surface area contributed by atoms with Crippen LogP contribution >= 0.6 is 0 Å². The molecule has 9 heteroatoms. The van der Waals surface area contributed by atoms with Crippen molar-refractivity contribution in [1.82, 2.24) is 5.43 Å².